The average Bonchev–Trinajstić information content (AvgIpc) is 2.98. The topological polar surface area (TPSA) is 60.2 Å². The number of ether oxygens (including phenoxy) is 1. The van der Waals surface area contributed by atoms with Crippen LogP contribution in [0.2, 0.25) is 0 Å². The molecule has 0 aliphatic rings. The Kier molecular flexibility index (Phi) is 3.37. The van der Waals surface area contributed by atoms with Gasteiger partial charge in [0.05, 0.1) is 0 Å². The number of rotatable bonds is 4. The SMILES string of the molecule is c1ccc(Nc2nc3ccc(Oc4ccncc4)cc3o2)cc1. The van der Waals surface area contributed by atoms with Gasteiger partial charge in [0.25, 0.3) is 6.01 Å². The van der Waals surface area contributed by atoms with E-state index in [1.54, 1.807) is 24.5 Å². The number of aromatic nitrogens is 2. The molecular formula is C18H13N3O2. The van der Waals surface area contributed by atoms with E-state index in [0.29, 0.717) is 17.3 Å². The van der Waals surface area contributed by atoms with Crippen molar-refractivity contribution in [3.63, 3.8) is 0 Å². The molecule has 23 heavy (non-hydrogen) atoms. The van der Waals surface area contributed by atoms with E-state index in [9.17, 15) is 0 Å². The molecule has 2 aromatic carbocycles. The first-order chi connectivity index (χ1) is 11.4. The maximum absolute atomic E-state index is 5.77. The van der Waals surface area contributed by atoms with E-state index in [2.05, 4.69) is 15.3 Å². The minimum Gasteiger partial charge on any atom is -0.457 e. The minimum atomic E-state index is 0.451. The highest BCUT2D eigenvalue weighted by molar-refractivity contribution is 5.77. The van der Waals surface area contributed by atoms with Crippen molar-refractivity contribution in [2.75, 3.05) is 5.32 Å². The van der Waals surface area contributed by atoms with Gasteiger partial charge in [0, 0.05) is 24.1 Å². The van der Waals surface area contributed by atoms with Gasteiger partial charge in [0.2, 0.25) is 0 Å². The first-order valence-electron chi connectivity index (χ1n) is 7.17. The lowest BCUT2D eigenvalue weighted by molar-refractivity contribution is 0.481. The fourth-order valence-corrected chi connectivity index (χ4v) is 2.21. The van der Waals surface area contributed by atoms with Gasteiger partial charge in [-0.1, -0.05) is 18.2 Å². The highest BCUT2D eigenvalue weighted by atomic mass is 16.5. The van der Waals surface area contributed by atoms with Crippen LogP contribution in [0.4, 0.5) is 11.7 Å². The Morgan fingerprint density at radius 1 is 0.870 bits per heavy atom. The lowest BCUT2D eigenvalue weighted by Crippen LogP contribution is -1.88. The smallest absolute Gasteiger partial charge is 0.300 e. The predicted molar refractivity (Wildman–Crippen MR) is 88.0 cm³/mol. The van der Waals surface area contributed by atoms with Gasteiger partial charge in [0.15, 0.2) is 5.58 Å². The molecule has 0 saturated carbocycles. The van der Waals surface area contributed by atoms with Crippen molar-refractivity contribution in [1.82, 2.24) is 9.97 Å². The Bertz CT molecular complexity index is 881. The first-order valence-corrected chi connectivity index (χ1v) is 7.17. The Morgan fingerprint density at radius 2 is 1.70 bits per heavy atom. The minimum absolute atomic E-state index is 0.451. The van der Waals surface area contributed by atoms with Crippen molar-refractivity contribution in [1.29, 1.82) is 0 Å². The normalized spacial score (nSPS) is 10.6. The molecule has 0 saturated heterocycles. The Morgan fingerprint density at radius 3 is 2.52 bits per heavy atom. The van der Waals surface area contributed by atoms with E-state index in [1.807, 2.05) is 48.5 Å². The van der Waals surface area contributed by atoms with Crippen LogP contribution in [0.25, 0.3) is 11.1 Å². The molecule has 5 nitrogen and oxygen atoms in total. The standard InChI is InChI=1S/C18H13N3O2/c1-2-4-13(5-3-1)20-18-21-16-7-6-15(12-17(16)23-18)22-14-8-10-19-11-9-14/h1-12H,(H,20,21). The van der Waals surface area contributed by atoms with E-state index in [1.165, 1.54) is 0 Å². The molecule has 0 atom stereocenters. The highest BCUT2D eigenvalue weighted by Crippen LogP contribution is 2.28. The third-order valence-corrected chi connectivity index (χ3v) is 3.27. The zero-order valence-corrected chi connectivity index (χ0v) is 12.1. The molecule has 0 radical (unpaired) electrons. The number of pyridine rings is 1. The van der Waals surface area contributed by atoms with Gasteiger partial charge in [-0.05, 0) is 36.4 Å². The molecule has 1 N–H and O–H groups in total. The predicted octanol–water partition coefficient (Wildman–Crippen LogP) is 4.76. The zero-order valence-electron chi connectivity index (χ0n) is 12.1. The van der Waals surface area contributed by atoms with Crippen molar-refractivity contribution in [3.05, 3.63) is 73.1 Å². The molecular weight excluding hydrogens is 290 g/mol. The second-order valence-electron chi connectivity index (χ2n) is 4.92. The van der Waals surface area contributed by atoms with Crippen molar-refractivity contribution in [3.8, 4) is 11.5 Å². The molecule has 0 unspecified atom stereocenters. The maximum atomic E-state index is 5.77. The summed E-state index contributed by atoms with van der Waals surface area (Å²) in [6.07, 6.45) is 3.37. The fourth-order valence-electron chi connectivity index (χ4n) is 2.21. The van der Waals surface area contributed by atoms with Crippen LogP contribution in [0.1, 0.15) is 0 Å². The van der Waals surface area contributed by atoms with E-state index in [4.69, 9.17) is 9.15 Å². The molecule has 5 heteroatoms. The summed E-state index contributed by atoms with van der Waals surface area (Å²) in [4.78, 5) is 8.38. The molecule has 2 aromatic heterocycles. The van der Waals surface area contributed by atoms with Crippen LogP contribution in [0, 0.1) is 0 Å². The number of oxazole rings is 1. The molecule has 112 valence electrons. The Labute approximate surface area is 132 Å². The van der Waals surface area contributed by atoms with Crippen LogP contribution in [-0.2, 0) is 0 Å². The summed E-state index contributed by atoms with van der Waals surface area (Å²) in [5.74, 6) is 1.41. The summed E-state index contributed by atoms with van der Waals surface area (Å²) < 4.78 is 11.5. The zero-order chi connectivity index (χ0) is 15.5. The summed E-state index contributed by atoms with van der Waals surface area (Å²) in [6.45, 7) is 0. The average molecular weight is 303 g/mol. The number of nitrogens with zero attached hydrogens (tertiary/aromatic N) is 2. The van der Waals surface area contributed by atoms with Crippen molar-refractivity contribution < 1.29 is 9.15 Å². The van der Waals surface area contributed by atoms with Crippen LogP contribution < -0.4 is 10.1 Å². The van der Waals surface area contributed by atoms with Crippen molar-refractivity contribution in [2.24, 2.45) is 0 Å². The summed E-state index contributed by atoms with van der Waals surface area (Å²) in [6, 6.07) is 19.4. The van der Waals surface area contributed by atoms with Crippen molar-refractivity contribution >= 4 is 22.8 Å². The second-order valence-corrected chi connectivity index (χ2v) is 4.92. The number of benzene rings is 2. The lowest BCUT2D eigenvalue weighted by Gasteiger charge is -2.03. The number of hydrogen-bond acceptors (Lipinski definition) is 5. The molecule has 4 rings (SSSR count). The van der Waals surface area contributed by atoms with Gasteiger partial charge >= 0.3 is 0 Å². The van der Waals surface area contributed by atoms with Gasteiger partial charge in [-0.2, -0.15) is 4.98 Å². The summed E-state index contributed by atoms with van der Waals surface area (Å²) in [7, 11) is 0. The molecule has 0 aliphatic carbocycles. The number of anilines is 2. The van der Waals surface area contributed by atoms with E-state index in [-0.39, 0.29) is 0 Å². The molecule has 0 fully saturated rings. The van der Waals surface area contributed by atoms with E-state index in [0.717, 1.165) is 17.0 Å². The van der Waals surface area contributed by atoms with Crippen molar-refractivity contribution in [2.45, 2.75) is 0 Å². The molecule has 2 heterocycles. The van der Waals surface area contributed by atoms with Gasteiger partial charge in [-0.25, -0.2) is 0 Å². The summed E-state index contributed by atoms with van der Waals surface area (Å²) in [5, 5.41) is 3.14. The highest BCUT2D eigenvalue weighted by Gasteiger charge is 2.08. The van der Waals surface area contributed by atoms with Crippen LogP contribution in [0.3, 0.4) is 0 Å². The van der Waals surface area contributed by atoms with Crippen LogP contribution in [0.5, 0.6) is 11.5 Å². The molecule has 0 spiro atoms. The van der Waals surface area contributed by atoms with Gasteiger partial charge < -0.3 is 14.5 Å². The molecule has 4 aromatic rings. The van der Waals surface area contributed by atoms with E-state index >= 15 is 0 Å². The lowest BCUT2D eigenvalue weighted by atomic mass is 10.3. The van der Waals surface area contributed by atoms with Crippen LogP contribution in [0.15, 0.2) is 77.5 Å². The number of para-hydroxylation sites is 1. The van der Waals surface area contributed by atoms with Crippen LogP contribution >= 0.6 is 0 Å². The Hall–Kier alpha value is -3.34. The maximum Gasteiger partial charge on any atom is 0.300 e. The molecule has 0 bridgehead atoms. The quantitative estimate of drug-likeness (QED) is 0.589. The van der Waals surface area contributed by atoms with Crippen LogP contribution in [-0.4, -0.2) is 9.97 Å². The monoisotopic (exact) mass is 303 g/mol. The second kappa shape index (κ2) is 5.81. The first kappa shape index (κ1) is 13.3. The third kappa shape index (κ3) is 2.98. The summed E-state index contributed by atoms with van der Waals surface area (Å²) in [5.41, 5.74) is 2.35. The van der Waals surface area contributed by atoms with Gasteiger partial charge in [-0.3, -0.25) is 4.98 Å². The fraction of sp³-hybridized carbons (Fsp3) is 0. The third-order valence-electron chi connectivity index (χ3n) is 3.27. The number of fused-ring (bicyclic) bond motifs is 1. The Balaban J connectivity index is 1.59. The van der Waals surface area contributed by atoms with Gasteiger partial charge in [0.1, 0.15) is 17.0 Å². The molecule has 0 aliphatic heterocycles. The van der Waals surface area contributed by atoms with Gasteiger partial charge in [-0.15, -0.1) is 0 Å². The number of nitrogens with one attached hydrogen (secondary N) is 1. The number of hydrogen-bond donors (Lipinski definition) is 1. The van der Waals surface area contributed by atoms with E-state index < -0.39 is 0 Å². The largest absolute Gasteiger partial charge is 0.457 e. The molecule has 0 amide bonds. The summed E-state index contributed by atoms with van der Waals surface area (Å²) >= 11 is 0.